The standard InChI is InChI=1S/C11H10Cl2N4O3S2/c1-2-8(18)14-10-15-16-11(21-10)22(19,20)17-7-5-3-4-6(12)9(7)13/h3-5,17H,2H2,1H3,(H,14,15,18). The number of sulfonamides is 1. The van der Waals surface area contributed by atoms with Gasteiger partial charge in [-0.05, 0) is 12.1 Å². The molecule has 0 fully saturated rings. The van der Waals surface area contributed by atoms with Gasteiger partial charge in [0.15, 0.2) is 0 Å². The lowest BCUT2D eigenvalue weighted by Crippen LogP contribution is -2.13. The first-order chi connectivity index (χ1) is 10.3. The van der Waals surface area contributed by atoms with Crippen LogP contribution in [0.2, 0.25) is 10.0 Å². The molecule has 7 nitrogen and oxygen atoms in total. The molecule has 1 aromatic heterocycles. The fraction of sp³-hybridized carbons (Fsp3) is 0.182. The molecule has 0 aliphatic heterocycles. The lowest BCUT2D eigenvalue weighted by Gasteiger charge is -2.07. The summed E-state index contributed by atoms with van der Waals surface area (Å²) >= 11 is 12.5. The highest BCUT2D eigenvalue weighted by Gasteiger charge is 2.22. The van der Waals surface area contributed by atoms with Crippen molar-refractivity contribution in [2.75, 3.05) is 10.0 Å². The molecule has 0 aliphatic rings. The van der Waals surface area contributed by atoms with Crippen LogP contribution in [0.4, 0.5) is 10.8 Å². The average molecular weight is 381 g/mol. The fourth-order valence-electron chi connectivity index (χ4n) is 1.35. The van der Waals surface area contributed by atoms with E-state index in [0.717, 1.165) is 11.3 Å². The number of hydrogen-bond donors (Lipinski definition) is 2. The van der Waals surface area contributed by atoms with Gasteiger partial charge in [-0.25, -0.2) is 0 Å². The molecule has 118 valence electrons. The molecular formula is C11H10Cl2N4O3S2. The smallest absolute Gasteiger partial charge is 0.291 e. The van der Waals surface area contributed by atoms with Crippen molar-refractivity contribution in [2.24, 2.45) is 0 Å². The van der Waals surface area contributed by atoms with Crippen molar-refractivity contribution in [3.63, 3.8) is 0 Å². The molecule has 0 unspecified atom stereocenters. The van der Waals surface area contributed by atoms with Crippen molar-refractivity contribution >= 4 is 61.3 Å². The molecule has 0 spiro atoms. The summed E-state index contributed by atoms with van der Waals surface area (Å²) in [6.45, 7) is 1.66. The van der Waals surface area contributed by atoms with E-state index >= 15 is 0 Å². The molecule has 1 heterocycles. The van der Waals surface area contributed by atoms with Crippen LogP contribution in [0.1, 0.15) is 13.3 Å². The Morgan fingerprint density at radius 2 is 2.05 bits per heavy atom. The molecule has 1 aromatic carbocycles. The van der Waals surface area contributed by atoms with E-state index in [2.05, 4.69) is 20.2 Å². The Kier molecular flexibility index (Phi) is 5.22. The van der Waals surface area contributed by atoms with Gasteiger partial charge in [0.05, 0.1) is 15.7 Å². The first kappa shape index (κ1) is 16.9. The minimum atomic E-state index is -3.97. The molecule has 11 heteroatoms. The van der Waals surface area contributed by atoms with Crippen LogP contribution >= 0.6 is 34.5 Å². The minimum Gasteiger partial charge on any atom is -0.301 e. The van der Waals surface area contributed by atoms with E-state index in [1.165, 1.54) is 12.1 Å². The van der Waals surface area contributed by atoms with E-state index in [0.29, 0.717) is 0 Å². The monoisotopic (exact) mass is 380 g/mol. The second-order valence-corrected chi connectivity index (χ2v) is 7.60. The van der Waals surface area contributed by atoms with Crippen LogP contribution in [0.25, 0.3) is 0 Å². The third kappa shape index (κ3) is 3.86. The zero-order valence-corrected chi connectivity index (χ0v) is 14.3. The summed E-state index contributed by atoms with van der Waals surface area (Å²) in [5.74, 6) is -0.286. The van der Waals surface area contributed by atoms with E-state index in [9.17, 15) is 13.2 Å². The van der Waals surface area contributed by atoms with E-state index < -0.39 is 10.0 Å². The molecule has 1 amide bonds. The van der Waals surface area contributed by atoms with Gasteiger partial charge in [0.2, 0.25) is 11.0 Å². The second kappa shape index (κ2) is 6.78. The second-order valence-electron chi connectivity index (χ2n) is 3.98. The van der Waals surface area contributed by atoms with Gasteiger partial charge in [-0.15, -0.1) is 10.2 Å². The van der Waals surface area contributed by atoms with Crippen molar-refractivity contribution in [3.05, 3.63) is 28.2 Å². The maximum Gasteiger partial charge on any atom is 0.291 e. The summed E-state index contributed by atoms with van der Waals surface area (Å²) < 4.78 is 26.4. The van der Waals surface area contributed by atoms with Crippen LogP contribution in [0.3, 0.4) is 0 Å². The van der Waals surface area contributed by atoms with E-state index in [1.807, 2.05) is 0 Å². The highest BCUT2D eigenvalue weighted by molar-refractivity contribution is 7.94. The van der Waals surface area contributed by atoms with Crippen LogP contribution in [0, 0.1) is 0 Å². The number of aromatic nitrogens is 2. The van der Waals surface area contributed by atoms with Crippen molar-refractivity contribution in [1.82, 2.24) is 10.2 Å². The molecular weight excluding hydrogens is 371 g/mol. The summed E-state index contributed by atoms with van der Waals surface area (Å²) in [5.41, 5.74) is 0.128. The first-order valence-corrected chi connectivity index (χ1v) is 8.99. The molecule has 0 saturated carbocycles. The van der Waals surface area contributed by atoms with Gasteiger partial charge in [-0.3, -0.25) is 9.52 Å². The quantitative estimate of drug-likeness (QED) is 0.776. The number of nitrogens with zero attached hydrogens (tertiary/aromatic N) is 2. The molecule has 2 aromatic rings. The molecule has 0 atom stereocenters. The maximum absolute atomic E-state index is 12.2. The molecule has 22 heavy (non-hydrogen) atoms. The number of carbonyl (C=O) groups is 1. The van der Waals surface area contributed by atoms with Crippen molar-refractivity contribution in [2.45, 2.75) is 17.7 Å². The van der Waals surface area contributed by atoms with Crippen molar-refractivity contribution in [1.29, 1.82) is 0 Å². The Morgan fingerprint density at radius 1 is 1.32 bits per heavy atom. The predicted molar refractivity (Wildman–Crippen MR) is 86.1 cm³/mol. The molecule has 0 radical (unpaired) electrons. The minimum absolute atomic E-state index is 0.0803. The van der Waals surface area contributed by atoms with Gasteiger partial charge in [0, 0.05) is 6.42 Å². The Bertz CT molecular complexity index is 807. The molecule has 0 aliphatic carbocycles. The summed E-state index contributed by atoms with van der Waals surface area (Å²) in [4.78, 5) is 11.2. The fourth-order valence-corrected chi connectivity index (χ4v) is 3.74. The lowest BCUT2D eigenvalue weighted by atomic mass is 10.3. The van der Waals surface area contributed by atoms with Crippen LogP contribution in [-0.4, -0.2) is 24.5 Å². The van der Waals surface area contributed by atoms with Gasteiger partial charge >= 0.3 is 0 Å². The van der Waals surface area contributed by atoms with E-state index in [4.69, 9.17) is 23.2 Å². The van der Waals surface area contributed by atoms with Crippen LogP contribution < -0.4 is 10.0 Å². The molecule has 2 rings (SSSR count). The number of benzene rings is 1. The third-order valence-electron chi connectivity index (χ3n) is 2.40. The summed E-state index contributed by atoms with van der Waals surface area (Å²) in [5, 5.41) is 10.00. The highest BCUT2D eigenvalue weighted by atomic mass is 35.5. The number of amides is 1. The normalized spacial score (nSPS) is 11.2. The Morgan fingerprint density at radius 3 is 2.73 bits per heavy atom. The van der Waals surface area contributed by atoms with Gasteiger partial charge in [0.1, 0.15) is 0 Å². The number of hydrogen-bond acceptors (Lipinski definition) is 6. The largest absolute Gasteiger partial charge is 0.301 e. The summed E-state index contributed by atoms with van der Waals surface area (Å²) in [6.07, 6.45) is 0.248. The van der Waals surface area contributed by atoms with Gasteiger partial charge in [-0.1, -0.05) is 47.5 Å². The Hall–Kier alpha value is -1.42. The zero-order valence-electron chi connectivity index (χ0n) is 11.1. The number of anilines is 2. The summed E-state index contributed by atoms with van der Waals surface area (Å²) in [7, 11) is -3.97. The predicted octanol–water partition coefficient (Wildman–Crippen LogP) is 2.99. The Labute approximate surface area is 140 Å². The van der Waals surface area contributed by atoms with Gasteiger partial charge in [-0.2, -0.15) is 8.42 Å². The summed E-state index contributed by atoms with van der Waals surface area (Å²) in [6, 6.07) is 4.55. The van der Waals surface area contributed by atoms with Gasteiger partial charge in [0.25, 0.3) is 14.4 Å². The third-order valence-corrected chi connectivity index (χ3v) is 5.79. The SMILES string of the molecule is CCC(=O)Nc1nnc(S(=O)(=O)Nc2cccc(Cl)c2Cl)s1. The topological polar surface area (TPSA) is 101 Å². The highest BCUT2D eigenvalue weighted by Crippen LogP contribution is 2.31. The molecule has 0 saturated heterocycles. The number of rotatable bonds is 5. The van der Waals surface area contributed by atoms with Crippen molar-refractivity contribution < 1.29 is 13.2 Å². The lowest BCUT2D eigenvalue weighted by molar-refractivity contribution is -0.115. The first-order valence-electron chi connectivity index (χ1n) is 5.93. The number of nitrogens with one attached hydrogen (secondary N) is 2. The number of carbonyl (C=O) groups excluding carboxylic acids is 1. The average Bonchev–Trinajstić information content (AvgIpc) is 2.93. The van der Waals surface area contributed by atoms with Gasteiger partial charge < -0.3 is 5.32 Å². The number of halogens is 2. The molecule has 2 N–H and O–H groups in total. The maximum atomic E-state index is 12.2. The van der Waals surface area contributed by atoms with E-state index in [-0.39, 0.29) is 37.5 Å². The molecule has 0 bridgehead atoms. The van der Waals surface area contributed by atoms with Crippen LogP contribution in [0.15, 0.2) is 22.5 Å². The Balaban J connectivity index is 2.24. The van der Waals surface area contributed by atoms with Crippen LogP contribution in [-0.2, 0) is 14.8 Å². The zero-order chi connectivity index (χ0) is 16.3. The van der Waals surface area contributed by atoms with E-state index in [1.54, 1.807) is 13.0 Å². The van der Waals surface area contributed by atoms with Crippen LogP contribution in [0.5, 0.6) is 0 Å². The van der Waals surface area contributed by atoms with Crippen molar-refractivity contribution in [3.8, 4) is 0 Å².